The Balaban J connectivity index is 2.40. The first-order chi connectivity index (χ1) is 7.09. The van der Waals surface area contributed by atoms with Gasteiger partial charge in [0.05, 0.1) is 7.57 Å². The van der Waals surface area contributed by atoms with Gasteiger partial charge in [-0.25, -0.2) is 0 Å². The van der Waals surface area contributed by atoms with Gasteiger partial charge in [-0.1, -0.05) is 0 Å². The van der Waals surface area contributed by atoms with Gasteiger partial charge in [0.15, 0.2) is 0 Å². The summed E-state index contributed by atoms with van der Waals surface area (Å²) in [6, 6.07) is 3.98. The van der Waals surface area contributed by atoms with Crippen LogP contribution in [0.5, 0.6) is 0 Å². The normalized spacial score (nSPS) is 13.1. The average Bonchev–Trinajstić information content (AvgIpc) is 2.71. The minimum absolute atomic E-state index is 0.526. The second-order valence-corrected chi connectivity index (χ2v) is 7.85. The summed E-state index contributed by atoms with van der Waals surface area (Å²) in [7, 11) is 0. The Morgan fingerprint density at radius 3 is 2.60 bits per heavy atom. The zero-order chi connectivity index (χ0) is 11.0. The number of thiophene rings is 2. The third-order valence-corrected chi connectivity index (χ3v) is 5.58. The molecular weight excluding hydrogens is 360 g/mol. The van der Waals surface area contributed by atoms with Crippen LogP contribution < -0.4 is 0 Å². The van der Waals surface area contributed by atoms with Crippen molar-refractivity contribution in [2.45, 2.75) is 13.0 Å². The molecule has 80 valence electrons. The molecule has 0 aliphatic carbocycles. The Kier molecular flexibility index (Phi) is 3.67. The van der Waals surface area contributed by atoms with E-state index in [2.05, 4.69) is 31.9 Å². The fourth-order valence-electron chi connectivity index (χ4n) is 1.35. The molecular formula is C10H8Br2OS2. The molecule has 1 N–H and O–H groups in total. The molecule has 0 aliphatic rings. The topological polar surface area (TPSA) is 20.2 Å². The molecule has 2 aromatic rings. The van der Waals surface area contributed by atoms with Crippen molar-refractivity contribution >= 4 is 54.5 Å². The van der Waals surface area contributed by atoms with Crippen molar-refractivity contribution in [1.82, 2.24) is 0 Å². The van der Waals surface area contributed by atoms with Crippen LogP contribution in [0.3, 0.4) is 0 Å². The van der Waals surface area contributed by atoms with Crippen LogP contribution in [0.2, 0.25) is 0 Å². The molecule has 15 heavy (non-hydrogen) atoms. The third kappa shape index (κ3) is 2.36. The first-order valence-electron chi connectivity index (χ1n) is 4.26. The van der Waals surface area contributed by atoms with Crippen LogP contribution in [0, 0.1) is 6.92 Å². The summed E-state index contributed by atoms with van der Waals surface area (Å²) < 4.78 is 2.01. The van der Waals surface area contributed by atoms with E-state index in [1.54, 1.807) is 22.7 Å². The van der Waals surface area contributed by atoms with E-state index in [-0.39, 0.29) is 0 Å². The second kappa shape index (κ2) is 4.67. The van der Waals surface area contributed by atoms with E-state index >= 15 is 0 Å². The van der Waals surface area contributed by atoms with Crippen molar-refractivity contribution in [2.75, 3.05) is 0 Å². The van der Waals surface area contributed by atoms with Crippen LogP contribution in [-0.4, -0.2) is 5.11 Å². The molecule has 1 nitrogen and oxygen atoms in total. The van der Waals surface area contributed by atoms with Gasteiger partial charge in [-0.3, -0.25) is 0 Å². The van der Waals surface area contributed by atoms with Gasteiger partial charge in [0.1, 0.15) is 6.10 Å². The molecule has 5 heteroatoms. The van der Waals surface area contributed by atoms with E-state index in [9.17, 15) is 5.11 Å². The number of halogens is 2. The fourth-order valence-corrected chi connectivity index (χ4v) is 5.16. The summed E-state index contributed by atoms with van der Waals surface area (Å²) in [5, 5.41) is 12.2. The summed E-state index contributed by atoms with van der Waals surface area (Å²) in [6.07, 6.45) is -0.526. The molecule has 1 unspecified atom stereocenters. The quantitative estimate of drug-likeness (QED) is 0.813. The van der Waals surface area contributed by atoms with Crippen LogP contribution in [0.1, 0.15) is 22.1 Å². The minimum Gasteiger partial charge on any atom is -0.383 e. The summed E-state index contributed by atoms with van der Waals surface area (Å²) in [6.45, 7) is 2.02. The highest BCUT2D eigenvalue weighted by Crippen LogP contribution is 2.39. The number of aliphatic hydroxyl groups is 1. The van der Waals surface area contributed by atoms with Crippen molar-refractivity contribution < 1.29 is 5.11 Å². The van der Waals surface area contributed by atoms with Crippen molar-refractivity contribution in [3.05, 3.63) is 41.1 Å². The molecule has 0 aliphatic heterocycles. The lowest BCUT2D eigenvalue weighted by Gasteiger charge is -2.08. The standard InChI is InChI=1S/C10H8Br2OS2/c1-5-2-3-14-9(5)8(13)6-4-7(11)15-10(6)12/h2-4,8,13H,1H3. The first kappa shape index (κ1) is 11.8. The summed E-state index contributed by atoms with van der Waals surface area (Å²) in [5.41, 5.74) is 2.07. The predicted molar refractivity (Wildman–Crippen MR) is 72.8 cm³/mol. The lowest BCUT2D eigenvalue weighted by atomic mass is 10.1. The predicted octanol–water partition coefficient (Wildman–Crippen LogP) is 4.72. The number of aryl methyl sites for hydroxylation is 1. The minimum atomic E-state index is -0.526. The maximum absolute atomic E-state index is 10.2. The fraction of sp³-hybridized carbons (Fsp3) is 0.200. The molecule has 0 spiro atoms. The molecule has 2 heterocycles. The lowest BCUT2D eigenvalue weighted by molar-refractivity contribution is 0.223. The first-order valence-corrected chi connectivity index (χ1v) is 7.54. The molecule has 0 radical (unpaired) electrons. The number of rotatable bonds is 2. The molecule has 2 aromatic heterocycles. The van der Waals surface area contributed by atoms with E-state index < -0.39 is 6.10 Å². The van der Waals surface area contributed by atoms with E-state index in [1.807, 2.05) is 24.4 Å². The van der Waals surface area contributed by atoms with E-state index in [0.29, 0.717) is 0 Å². The molecule has 0 aromatic carbocycles. The van der Waals surface area contributed by atoms with Gasteiger partial charge in [0.25, 0.3) is 0 Å². The van der Waals surface area contributed by atoms with E-state index in [4.69, 9.17) is 0 Å². The van der Waals surface area contributed by atoms with E-state index in [1.165, 1.54) is 0 Å². The summed E-state index contributed by atoms with van der Waals surface area (Å²) >= 11 is 10.0. The summed E-state index contributed by atoms with van der Waals surface area (Å²) in [5.74, 6) is 0. The Morgan fingerprint density at radius 2 is 2.13 bits per heavy atom. The van der Waals surface area contributed by atoms with Gasteiger partial charge in [-0.2, -0.15) is 0 Å². The second-order valence-electron chi connectivity index (χ2n) is 3.15. The van der Waals surface area contributed by atoms with Gasteiger partial charge >= 0.3 is 0 Å². The zero-order valence-electron chi connectivity index (χ0n) is 7.83. The van der Waals surface area contributed by atoms with Crippen molar-refractivity contribution in [1.29, 1.82) is 0 Å². The third-order valence-electron chi connectivity index (χ3n) is 2.13. The molecule has 0 fully saturated rings. The van der Waals surface area contributed by atoms with Crippen LogP contribution in [0.25, 0.3) is 0 Å². The monoisotopic (exact) mass is 366 g/mol. The summed E-state index contributed by atoms with van der Waals surface area (Å²) in [4.78, 5) is 1.01. The van der Waals surface area contributed by atoms with Gasteiger partial charge in [0, 0.05) is 10.4 Å². The zero-order valence-corrected chi connectivity index (χ0v) is 12.6. The highest BCUT2D eigenvalue weighted by molar-refractivity contribution is 9.12. The molecule has 2 rings (SSSR count). The Labute approximate surface area is 113 Å². The van der Waals surface area contributed by atoms with Gasteiger partial charge in [-0.15, -0.1) is 22.7 Å². The Hall–Kier alpha value is 0.320. The number of hydrogen-bond donors (Lipinski definition) is 1. The Morgan fingerprint density at radius 1 is 1.40 bits per heavy atom. The van der Waals surface area contributed by atoms with Gasteiger partial charge in [0.2, 0.25) is 0 Å². The van der Waals surface area contributed by atoms with Crippen LogP contribution in [0.15, 0.2) is 25.1 Å². The molecule has 0 bridgehead atoms. The smallest absolute Gasteiger partial charge is 0.115 e. The largest absolute Gasteiger partial charge is 0.383 e. The van der Waals surface area contributed by atoms with Gasteiger partial charge in [-0.05, 0) is 61.9 Å². The van der Waals surface area contributed by atoms with Crippen molar-refractivity contribution in [3.8, 4) is 0 Å². The van der Waals surface area contributed by atoms with Crippen molar-refractivity contribution in [3.63, 3.8) is 0 Å². The lowest BCUT2D eigenvalue weighted by Crippen LogP contribution is -1.97. The maximum Gasteiger partial charge on any atom is 0.115 e. The number of hydrogen-bond acceptors (Lipinski definition) is 3. The highest BCUT2D eigenvalue weighted by atomic mass is 79.9. The van der Waals surface area contributed by atoms with Crippen LogP contribution in [0.4, 0.5) is 0 Å². The average molecular weight is 368 g/mol. The molecule has 1 atom stereocenters. The van der Waals surface area contributed by atoms with Crippen molar-refractivity contribution in [2.24, 2.45) is 0 Å². The van der Waals surface area contributed by atoms with Gasteiger partial charge < -0.3 is 5.11 Å². The number of aliphatic hydroxyl groups excluding tert-OH is 1. The molecule has 0 saturated heterocycles. The molecule has 0 amide bonds. The molecule has 0 saturated carbocycles. The van der Waals surface area contributed by atoms with Crippen LogP contribution in [-0.2, 0) is 0 Å². The highest BCUT2D eigenvalue weighted by Gasteiger charge is 2.18. The van der Waals surface area contributed by atoms with Crippen LogP contribution >= 0.6 is 54.5 Å². The Bertz CT molecular complexity index is 475. The van der Waals surface area contributed by atoms with E-state index in [0.717, 1.165) is 23.6 Å². The SMILES string of the molecule is Cc1ccsc1C(O)c1cc(Br)sc1Br. The maximum atomic E-state index is 10.2.